The Morgan fingerprint density at radius 3 is 1.02 bits per heavy atom. The van der Waals surface area contributed by atoms with Gasteiger partial charge in [-0.3, -0.25) is 29.0 Å². The van der Waals surface area contributed by atoms with Gasteiger partial charge < -0.3 is 108 Å². The van der Waals surface area contributed by atoms with Crippen molar-refractivity contribution < 1.29 is 148 Å². The Labute approximate surface area is 647 Å². The third kappa shape index (κ3) is 28.7. The van der Waals surface area contributed by atoms with E-state index in [-0.39, 0.29) is 143 Å². The van der Waals surface area contributed by atoms with Gasteiger partial charge in [0.2, 0.25) is 35.2 Å². The van der Waals surface area contributed by atoms with Crippen molar-refractivity contribution in [2.24, 2.45) is 39.4 Å². The second-order valence-electron chi connectivity index (χ2n) is 27.0. The molecule has 0 radical (unpaired) electrons. The molecule has 0 saturated heterocycles. The van der Waals surface area contributed by atoms with Gasteiger partial charge in [-0.15, -0.1) is 0 Å². The molecule has 116 heavy (non-hydrogen) atoms. The minimum absolute atomic E-state index is 0.0129. The number of benzene rings is 3. The number of aromatic nitrogens is 6. The number of carbonyl (C=O) groups excluding carboxylic acids is 6. The van der Waals surface area contributed by atoms with Gasteiger partial charge in [0.15, 0.2) is 46.6 Å². The Morgan fingerprint density at radius 2 is 0.784 bits per heavy atom. The van der Waals surface area contributed by atoms with Crippen molar-refractivity contribution in [2.75, 3.05) is 73.6 Å². The SMILES string of the molecule is CC(=O)c1nc(C(F)(F)F)n2c1CN(C(=O)C[C@H](N)Cc1cc(F)c(F)cc1F)CC2.C[N+](C)(C)CCO.NC(N)=NCCC[C@H](N)C(=O)O.N[C@@H](CC(=O)N1CCn2c(C(F)(F)F)nc(C(=O)[O-])c2C1)Cc1cc(F)c(F)cc1F.N[C@@H](CC(=O)N1CCn2c(C(F)(F)F)nc(C(=O)[O-])c2C1)Cc1cc(F)c(F)cc1F.[NH3+]CCO. The van der Waals surface area contributed by atoms with Crippen LogP contribution in [0.5, 0.6) is 0 Å². The molecule has 3 aromatic heterocycles. The summed E-state index contributed by atoms with van der Waals surface area (Å²) in [5.41, 5.74) is 32.5. The second-order valence-corrected chi connectivity index (χ2v) is 27.0. The number of likely N-dealkylation sites (N-methyl/N-ethyl adjacent to an activating group) is 1. The molecule has 9 rings (SSSR count). The summed E-state index contributed by atoms with van der Waals surface area (Å²) in [6.45, 7) is 0.861. The van der Waals surface area contributed by atoms with Crippen LogP contribution in [-0.2, 0) is 96.2 Å². The Hall–Kier alpha value is -10.5. The number of ketones is 1. The number of aliphatic hydroxyl groups excluding tert-OH is 2. The Balaban J connectivity index is 0.000000322. The van der Waals surface area contributed by atoms with E-state index >= 15 is 0 Å². The minimum atomic E-state index is -4.90. The summed E-state index contributed by atoms with van der Waals surface area (Å²) in [4.78, 5) is 98.6. The normalized spacial score (nSPS) is 14.3. The van der Waals surface area contributed by atoms with Crippen LogP contribution >= 0.6 is 0 Å². The molecule has 0 bridgehead atoms. The summed E-state index contributed by atoms with van der Waals surface area (Å²) in [5, 5.41) is 46.9. The van der Waals surface area contributed by atoms with Gasteiger partial charge in [0.05, 0.1) is 89.6 Å². The van der Waals surface area contributed by atoms with E-state index < -0.39 is 178 Å². The van der Waals surface area contributed by atoms with E-state index in [0.29, 0.717) is 71.5 Å². The molecule has 0 aliphatic carbocycles. The van der Waals surface area contributed by atoms with E-state index in [1.165, 1.54) is 4.90 Å². The number of carboxylic acid groups (broad SMARTS) is 3. The van der Waals surface area contributed by atoms with E-state index in [4.69, 9.17) is 49.7 Å². The number of amides is 3. The zero-order valence-corrected chi connectivity index (χ0v) is 62.2. The first-order chi connectivity index (χ1) is 53.6. The number of rotatable bonds is 23. The molecule has 0 spiro atoms. The highest BCUT2D eigenvalue weighted by molar-refractivity contribution is 5.93. The van der Waals surface area contributed by atoms with Gasteiger partial charge in [0.25, 0.3) is 0 Å². The zero-order chi connectivity index (χ0) is 88.1. The fourth-order valence-electron chi connectivity index (χ4n) is 11.2. The number of carbonyl (C=O) groups is 7. The number of quaternary nitrogens is 2. The smallest absolute Gasteiger partial charge is 0.449 e. The number of nitrogens with zero attached hydrogens (tertiary/aromatic N) is 11. The number of aliphatic imine (C=N–C) groups is 1. The fraction of sp³-hybridized carbons (Fsp3) is 0.485. The first-order valence-corrected chi connectivity index (χ1v) is 34.4. The molecule has 30 nitrogen and oxygen atoms in total. The first-order valence-electron chi connectivity index (χ1n) is 34.4. The molecule has 3 aromatic carbocycles. The molecule has 4 atom stereocenters. The van der Waals surface area contributed by atoms with Gasteiger partial charge in [-0.25, -0.2) is 54.5 Å². The van der Waals surface area contributed by atoms with Crippen molar-refractivity contribution in [2.45, 2.75) is 140 Å². The molecule has 0 unspecified atom stereocenters. The van der Waals surface area contributed by atoms with E-state index in [0.717, 1.165) is 32.3 Å². The van der Waals surface area contributed by atoms with Crippen molar-refractivity contribution in [1.29, 1.82) is 0 Å². The lowest BCUT2D eigenvalue weighted by atomic mass is 10.0. The predicted octanol–water partition coefficient (Wildman–Crippen LogP) is 1.15. The molecule has 6 aromatic rings. The number of hydrogen-bond donors (Lipinski definition) is 10. The number of halogens is 18. The lowest BCUT2D eigenvalue weighted by molar-refractivity contribution is -0.870. The highest BCUT2D eigenvalue weighted by atomic mass is 19.4. The van der Waals surface area contributed by atoms with Crippen molar-refractivity contribution in [3.63, 3.8) is 0 Å². The van der Waals surface area contributed by atoms with Gasteiger partial charge >= 0.3 is 24.5 Å². The van der Waals surface area contributed by atoms with Crippen molar-refractivity contribution >= 4 is 47.4 Å². The Bertz CT molecular complexity index is 4080. The second kappa shape index (κ2) is 42.4. The molecule has 644 valence electrons. The van der Waals surface area contributed by atoms with Crippen LogP contribution < -0.4 is 50.3 Å². The summed E-state index contributed by atoms with van der Waals surface area (Å²) in [5.74, 6) is -22.3. The number of nitrogens with two attached hydrogens (primary N) is 6. The number of imidazole rings is 3. The molecule has 3 aliphatic heterocycles. The summed E-state index contributed by atoms with van der Waals surface area (Å²) in [7, 11) is 6.16. The standard InChI is InChI=1S/C19H18F6N4O2.2C18H16F6N4O3.C6H14N4O2.C5H14NO.C2H7NO/c1-9(30)17-15-8-28(2-3-29(15)18(27-17)19(23,24)25)16(31)6-11(26)4-10-5-13(21)14(22)7-12(10)20;2*19-10-6-12(21)11(20)4-8(10)3-9(25)5-14(29)27-1-2-28-13(7-27)15(16(30)31)26-17(28)18(22,23)24;7-4(5(11)12)2-1-3-10-6(8)9;1-6(2,3)4-5-7;3-1-2-4/h5,7,11H,2-4,6,8,26H2,1H3;2*4,6,9H,1-3,5,7,25H2,(H,30,31);4H,1-3,7H2,(H,11,12)(H4,8,9,10);7H,4-5H2,1-3H3;4H,1-3H2/q;;;;+1;/p-1/t11-;2*9-;4-;;/m1110../s1. The average molecular weight is 1690 g/mol. The van der Waals surface area contributed by atoms with Crippen LogP contribution in [0.1, 0.15) is 122 Å². The molecule has 3 amide bonds. The quantitative estimate of drug-likeness (QED) is 0.00818. The number of alkyl halides is 9. The maximum absolute atomic E-state index is 13.8. The van der Waals surface area contributed by atoms with Crippen LogP contribution in [0.4, 0.5) is 79.0 Å². The molecule has 0 fully saturated rings. The fourth-order valence-corrected chi connectivity index (χ4v) is 11.2. The van der Waals surface area contributed by atoms with E-state index in [1.54, 1.807) is 0 Å². The van der Waals surface area contributed by atoms with Crippen LogP contribution in [-0.4, -0.2) is 208 Å². The van der Waals surface area contributed by atoms with Crippen molar-refractivity contribution in [3.8, 4) is 0 Å². The van der Waals surface area contributed by atoms with Gasteiger partial charge in [0.1, 0.15) is 47.1 Å². The summed E-state index contributed by atoms with van der Waals surface area (Å²) in [6.07, 6.45) is -15.5. The molecule has 0 saturated carbocycles. The van der Waals surface area contributed by atoms with Gasteiger partial charge in [-0.05, 0) is 67.0 Å². The number of guanidine groups is 1. The predicted molar refractivity (Wildman–Crippen MR) is 365 cm³/mol. The van der Waals surface area contributed by atoms with Gasteiger partial charge in [-0.2, -0.15) is 39.5 Å². The van der Waals surface area contributed by atoms with E-state index in [1.807, 2.05) is 0 Å². The summed E-state index contributed by atoms with van der Waals surface area (Å²) in [6, 6.07) is -0.793. The highest BCUT2D eigenvalue weighted by Gasteiger charge is 2.44. The zero-order valence-electron chi connectivity index (χ0n) is 62.2. The number of fused-ring (bicyclic) bond motifs is 3. The van der Waals surface area contributed by atoms with Crippen LogP contribution in [0.15, 0.2) is 41.4 Å². The first kappa shape index (κ1) is 97.8. The number of Topliss-reactive ketones (excluding diaryl/α,β-unsaturated/α-hetero) is 1. The van der Waals surface area contributed by atoms with Crippen LogP contribution in [0, 0.1) is 52.4 Å². The number of aliphatic carboxylic acids is 1. The molecule has 6 heterocycles. The Kier molecular flexibility index (Phi) is 35.7. The molecular weight excluding hydrogens is 1600 g/mol. The summed E-state index contributed by atoms with van der Waals surface area (Å²) >= 11 is 0. The third-order valence-corrected chi connectivity index (χ3v) is 16.8. The average Bonchev–Trinajstić information content (AvgIpc) is 1.63. The van der Waals surface area contributed by atoms with Crippen molar-refractivity contribution in [3.05, 3.63) is 157 Å². The topological polar surface area (TPSA) is 486 Å². The van der Waals surface area contributed by atoms with Crippen LogP contribution in [0.2, 0.25) is 0 Å². The largest absolute Gasteiger partial charge is 0.543 e. The van der Waals surface area contributed by atoms with E-state index in [9.17, 15) is 123 Å². The molecule has 18 N–H and O–H groups in total. The highest BCUT2D eigenvalue weighted by Crippen LogP contribution is 2.36. The van der Waals surface area contributed by atoms with Gasteiger partial charge in [0, 0.05) is 108 Å². The van der Waals surface area contributed by atoms with Crippen LogP contribution in [0.3, 0.4) is 0 Å². The third-order valence-electron chi connectivity index (χ3n) is 16.8. The molecular formula is C68H84F18N18O12. The Morgan fingerprint density at radius 1 is 0.500 bits per heavy atom. The lowest BCUT2D eigenvalue weighted by Crippen LogP contribution is -2.51. The molecule has 48 heteroatoms. The number of aliphatic hydroxyl groups is 2. The minimum Gasteiger partial charge on any atom is -0.543 e. The maximum atomic E-state index is 13.8. The van der Waals surface area contributed by atoms with Crippen molar-refractivity contribution in [1.82, 2.24) is 43.4 Å². The molecule has 3 aliphatic rings. The monoisotopic (exact) mass is 1690 g/mol. The number of carboxylic acids is 3. The summed E-state index contributed by atoms with van der Waals surface area (Å²) < 4.78 is 241. The number of aromatic carboxylic acids is 2. The maximum Gasteiger partial charge on any atom is 0.449 e. The number of hydrogen-bond acceptors (Lipinski definition) is 19. The lowest BCUT2D eigenvalue weighted by Gasteiger charge is -2.30. The van der Waals surface area contributed by atoms with Gasteiger partial charge in [-0.1, -0.05) is 0 Å². The van der Waals surface area contributed by atoms with E-state index in [2.05, 4.69) is 46.8 Å². The van der Waals surface area contributed by atoms with Crippen LogP contribution in [0.25, 0.3) is 0 Å².